The van der Waals surface area contributed by atoms with Gasteiger partial charge in [-0.2, -0.15) is 11.8 Å². The van der Waals surface area contributed by atoms with Crippen LogP contribution in [-0.4, -0.2) is 18.7 Å². The van der Waals surface area contributed by atoms with Crippen LogP contribution in [0.15, 0.2) is 0 Å². The molecule has 36 valence electrons. The van der Waals surface area contributed by atoms with Gasteiger partial charge in [0.25, 0.3) is 0 Å². The Morgan fingerprint density at radius 3 is 1.67 bits per heavy atom. The van der Waals surface area contributed by atoms with Gasteiger partial charge in [0.15, 0.2) is 0 Å². The third kappa shape index (κ3) is 4.41. The maximum Gasteiger partial charge on any atom is 0.121 e. The summed E-state index contributed by atoms with van der Waals surface area (Å²) in [5.41, 5.74) is 0. The second kappa shape index (κ2) is 1.92. The lowest BCUT2D eigenvalue weighted by Crippen LogP contribution is -2.11. The zero-order valence-corrected chi connectivity index (χ0v) is 5.72. The quantitative estimate of drug-likeness (QED) is 0.439. The van der Waals surface area contributed by atoms with Crippen molar-refractivity contribution in [2.45, 2.75) is 18.5 Å². The summed E-state index contributed by atoms with van der Waals surface area (Å²) >= 11 is 1.88. The van der Waals surface area contributed by atoms with Gasteiger partial charge in [0.05, 0.1) is 0 Å². The van der Waals surface area contributed by atoms with Crippen LogP contribution in [0.3, 0.4) is 0 Å². The molecule has 0 unspecified atom stereocenters. The summed E-state index contributed by atoms with van der Waals surface area (Å²) in [6.45, 7) is 4.41. The molecule has 2 heteroatoms. The fourth-order valence-corrected chi connectivity index (χ4v) is 0. The molecule has 0 aromatic rings. The summed E-state index contributed by atoms with van der Waals surface area (Å²) in [5.74, 6) is 0. The molecule has 6 heavy (non-hydrogen) atoms. The fraction of sp³-hybridized carbons (Fsp3) is 1.00. The third-order valence-corrected chi connectivity index (χ3v) is 1.84. The Morgan fingerprint density at radius 1 is 1.50 bits per heavy atom. The van der Waals surface area contributed by atoms with E-state index in [0.717, 1.165) is 0 Å². The molecule has 0 radical (unpaired) electrons. The third-order valence-electron chi connectivity index (χ3n) is 0.612. The topological polar surface area (TPSA) is 0 Å². The summed E-state index contributed by atoms with van der Waals surface area (Å²) in [5, 5.41) is 0. The molecule has 0 nitrogen and oxygen atoms in total. The average Bonchev–Trinajstić information content (AvgIpc) is 1.35. The molecule has 0 aromatic carbocycles. The van der Waals surface area contributed by atoms with Gasteiger partial charge in [-0.25, -0.2) is 0 Å². The molecule has 0 rings (SSSR count). The van der Waals surface area contributed by atoms with E-state index in [0.29, 0.717) is 4.65 Å². The van der Waals surface area contributed by atoms with E-state index in [1.165, 1.54) is 0 Å². The zero-order chi connectivity index (χ0) is 5.21. The molecule has 0 saturated carbocycles. The molecule has 0 saturated heterocycles. The van der Waals surface area contributed by atoms with E-state index in [4.69, 9.17) is 0 Å². The molecule has 0 spiro atoms. The van der Waals surface area contributed by atoms with E-state index in [1.54, 1.807) is 0 Å². The van der Waals surface area contributed by atoms with Crippen molar-refractivity contribution in [3.05, 3.63) is 0 Å². The highest BCUT2D eigenvalue weighted by Gasteiger charge is 2.04. The fourth-order valence-electron chi connectivity index (χ4n) is 0. The van der Waals surface area contributed by atoms with Gasteiger partial charge in [-0.3, -0.25) is 0 Å². The van der Waals surface area contributed by atoms with Crippen LogP contribution in [0, 0.1) is 0 Å². The standard InChI is InChI=1S/C4H11BS/c1-4(2,5)6-3/h5H2,1-3H3. The molecule has 0 heterocycles. The molecule has 0 fully saturated rings. The molecule has 0 N–H and O–H groups in total. The number of rotatable bonds is 1. The minimum absolute atomic E-state index is 0.458. The minimum Gasteiger partial charge on any atom is -0.168 e. The molecule has 0 aliphatic rings. The number of hydrogen-bond donors (Lipinski definition) is 0. The van der Waals surface area contributed by atoms with Crippen molar-refractivity contribution in [2.75, 3.05) is 6.26 Å². The highest BCUT2D eigenvalue weighted by molar-refractivity contribution is 8.01. The van der Waals surface area contributed by atoms with E-state index in [1.807, 2.05) is 11.8 Å². The maximum atomic E-state index is 2.21. The Hall–Kier alpha value is 0.415. The van der Waals surface area contributed by atoms with Gasteiger partial charge in [0.2, 0.25) is 0 Å². The van der Waals surface area contributed by atoms with E-state index >= 15 is 0 Å². The van der Waals surface area contributed by atoms with Crippen molar-refractivity contribution in [1.29, 1.82) is 0 Å². The van der Waals surface area contributed by atoms with Crippen molar-refractivity contribution < 1.29 is 0 Å². The van der Waals surface area contributed by atoms with E-state index in [2.05, 4.69) is 27.9 Å². The van der Waals surface area contributed by atoms with Gasteiger partial charge in [0.1, 0.15) is 7.85 Å². The first-order chi connectivity index (χ1) is 2.56. The van der Waals surface area contributed by atoms with Gasteiger partial charge in [0, 0.05) is 0 Å². The summed E-state index contributed by atoms with van der Waals surface area (Å²) < 4.78 is 0.458. The highest BCUT2D eigenvalue weighted by Crippen LogP contribution is 2.14. The first-order valence-corrected chi connectivity index (χ1v) is 3.34. The van der Waals surface area contributed by atoms with Crippen LogP contribution in [0.2, 0.25) is 0 Å². The van der Waals surface area contributed by atoms with Crippen LogP contribution in [0.4, 0.5) is 0 Å². The number of thioether (sulfide) groups is 1. The maximum absolute atomic E-state index is 2.21. The predicted octanol–water partition coefficient (Wildman–Crippen LogP) is 0.719. The molecule has 0 aliphatic carbocycles. The average molecular weight is 102 g/mol. The van der Waals surface area contributed by atoms with Gasteiger partial charge in [-0.15, -0.1) is 0 Å². The lowest BCUT2D eigenvalue weighted by molar-refractivity contribution is 1.01. The molecular weight excluding hydrogens is 90.9 g/mol. The second-order valence-electron chi connectivity index (χ2n) is 2.32. The van der Waals surface area contributed by atoms with Crippen molar-refractivity contribution in [3.63, 3.8) is 0 Å². The highest BCUT2D eigenvalue weighted by atomic mass is 32.2. The Bertz CT molecular complexity index is 37.3. The molecule has 0 amide bonds. The van der Waals surface area contributed by atoms with Crippen LogP contribution >= 0.6 is 11.8 Å². The summed E-state index contributed by atoms with van der Waals surface area (Å²) in [6, 6.07) is 0. The number of hydrogen-bond acceptors (Lipinski definition) is 1. The van der Waals surface area contributed by atoms with Gasteiger partial charge in [-0.1, -0.05) is 13.8 Å². The Kier molecular flexibility index (Phi) is 2.05. The Balaban J connectivity index is 3.17. The molecule has 0 aliphatic heterocycles. The van der Waals surface area contributed by atoms with Crippen LogP contribution in [0.25, 0.3) is 0 Å². The summed E-state index contributed by atoms with van der Waals surface area (Å²) in [6.07, 6.45) is 2.12. The lowest BCUT2D eigenvalue weighted by atomic mass is 9.91. The van der Waals surface area contributed by atoms with Crippen LogP contribution in [0.5, 0.6) is 0 Å². The van der Waals surface area contributed by atoms with E-state index in [-0.39, 0.29) is 0 Å². The van der Waals surface area contributed by atoms with Gasteiger partial charge >= 0.3 is 0 Å². The predicted molar refractivity (Wildman–Crippen MR) is 36.1 cm³/mol. The SMILES string of the molecule is BC(C)(C)SC. The minimum atomic E-state index is 0.458. The Morgan fingerprint density at radius 2 is 1.67 bits per heavy atom. The largest absolute Gasteiger partial charge is 0.168 e. The first kappa shape index (κ1) is 6.41. The van der Waals surface area contributed by atoms with Crippen molar-refractivity contribution in [3.8, 4) is 0 Å². The smallest absolute Gasteiger partial charge is 0.121 e. The molecule has 0 aromatic heterocycles. The normalized spacial score (nSPS) is 11.8. The van der Waals surface area contributed by atoms with E-state index in [9.17, 15) is 0 Å². The van der Waals surface area contributed by atoms with Crippen molar-refractivity contribution >= 4 is 19.6 Å². The zero-order valence-electron chi connectivity index (χ0n) is 4.91. The van der Waals surface area contributed by atoms with Crippen LogP contribution < -0.4 is 0 Å². The second-order valence-corrected chi connectivity index (χ2v) is 3.95. The van der Waals surface area contributed by atoms with Crippen molar-refractivity contribution in [1.82, 2.24) is 0 Å². The molecule has 0 bridgehead atoms. The van der Waals surface area contributed by atoms with Crippen LogP contribution in [0.1, 0.15) is 13.8 Å². The Labute approximate surface area is 45.1 Å². The lowest BCUT2D eigenvalue weighted by Gasteiger charge is -2.12. The molecular formula is C4H11BS. The summed E-state index contributed by atoms with van der Waals surface area (Å²) in [7, 11) is 2.21. The monoisotopic (exact) mass is 102 g/mol. The first-order valence-electron chi connectivity index (χ1n) is 2.11. The molecule has 0 atom stereocenters. The summed E-state index contributed by atoms with van der Waals surface area (Å²) in [4.78, 5) is 0. The van der Waals surface area contributed by atoms with Gasteiger partial charge < -0.3 is 0 Å². The van der Waals surface area contributed by atoms with Crippen molar-refractivity contribution in [2.24, 2.45) is 0 Å². The van der Waals surface area contributed by atoms with Gasteiger partial charge in [-0.05, 0) is 10.9 Å². The van der Waals surface area contributed by atoms with Crippen LogP contribution in [-0.2, 0) is 0 Å². The van der Waals surface area contributed by atoms with E-state index < -0.39 is 0 Å².